The van der Waals surface area contributed by atoms with Crippen LogP contribution in [0.2, 0.25) is 0 Å². The summed E-state index contributed by atoms with van der Waals surface area (Å²) in [4.78, 5) is 11.6. The van der Waals surface area contributed by atoms with Crippen LogP contribution in [0.4, 0.5) is 4.39 Å². The van der Waals surface area contributed by atoms with Crippen molar-refractivity contribution < 1.29 is 9.18 Å². The van der Waals surface area contributed by atoms with E-state index in [0.29, 0.717) is 25.1 Å². The van der Waals surface area contributed by atoms with E-state index < -0.39 is 0 Å². The number of amides is 1. The first-order valence-corrected chi connectivity index (χ1v) is 7.00. The predicted octanol–water partition coefficient (Wildman–Crippen LogP) is 2.27. The summed E-state index contributed by atoms with van der Waals surface area (Å²) >= 11 is 0. The fraction of sp³-hybridized carbons (Fsp3) is 0.235. The number of rotatable bonds is 7. The number of halogens is 1. The Hall–Kier alpha value is -2.20. The highest BCUT2D eigenvalue weighted by Crippen LogP contribution is 2.05. The Bertz CT molecular complexity index is 572. The molecule has 2 aromatic rings. The third kappa shape index (κ3) is 5.36. The molecule has 0 saturated heterocycles. The smallest absolute Gasteiger partial charge is 0.234 e. The monoisotopic (exact) mass is 286 g/mol. The molecule has 21 heavy (non-hydrogen) atoms. The van der Waals surface area contributed by atoms with Crippen molar-refractivity contribution >= 4 is 5.91 Å². The summed E-state index contributed by atoms with van der Waals surface area (Å²) in [6.07, 6.45) is 0.568. The van der Waals surface area contributed by atoms with E-state index in [4.69, 9.17) is 0 Å². The number of nitrogens with one attached hydrogen (secondary N) is 2. The lowest BCUT2D eigenvalue weighted by Gasteiger charge is -2.07. The summed E-state index contributed by atoms with van der Waals surface area (Å²) in [5.74, 6) is -0.264. The van der Waals surface area contributed by atoms with Crippen LogP contribution in [-0.2, 0) is 17.8 Å². The van der Waals surface area contributed by atoms with Crippen molar-refractivity contribution in [1.82, 2.24) is 10.6 Å². The van der Waals surface area contributed by atoms with Gasteiger partial charge in [-0.1, -0.05) is 48.5 Å². The number of hydrogen-bond donors (Lipinski definition) is 2. The van der Waals surface area contributed by atoms with E-state index in [1.54, 1.807) is 12.1 Å². The molecule has 1 amide bonds. The van der Waals surface area contributed by atoms with E-state index in [9.17, 15) is 9.18 Å². The average molecular weight is 286 g/mol. The minimum atomic E-state index is -0.201. The number of carbonyl (C=O) groups excluding carboxylic acids is 1. The molecule has 0 radical (unpaired) electrons. The summed E-state index contributed by atoms with van der Waals surface area (Å²) in [7, 11) is 0. The Kier molecular flexibility index (Phi) is 5.91. The molecule has 3 nitrogen and oxygen atoms in total. The van der Waals surface area contributed by atoms with E-state index in [1.165, 1.54) is 6.07 Å². The van der Waals surface area contributed by atoms with Crippen molar-refractivity contribution in [3.63, 3.8) is 0 Å². The number of hydrogen-bond acceptors (Lipinski definition) is 2. The first-order valence-electron chi connectivity index (χ1n) is 7.00. The van der Waals surface area contributed by atoms with Gasteiger partial charge in [0.15, 0.2) is 0 Å². The van der Waals surface area contributed by atoms with Gasteiger partial charge < -0.3 is 10.6 Å². The Labute approximate surface area is 124 Å². The first-order chi connectivity index (χ1) is 10.3. The zero-order valence-corrected chi connectivity index (χ0v) is 11.8. The molecular weight excluding hydrogens is 267 g/mol. The van der Waals surface area contributed by atoms with Crippen LogP contribution in [0.3, 0.4) is 0 Å². The molecule has 4 heteroatoms. The van der Waals surface area contributed by atoms with Gasteiger partial charge in [0.1, 0.15) is 5.82 Å². The van der Waals surface area contributed by atoms with Gasteiger partial charge >= 0.3 is 0 Å². The third-order valence-corrected chi connectivity index (χ3v) is 3.15. The highest BCUT2D eigenvalue weighted by atomic mass is 19.1. The Morgan fingerprint density at radius 1 is 1.00 bits per heavy atom. The molecule has 110 valence electrons. The van der Waals surface area contributed by atoms with Crippen LogP contribution in [0.25, 0.3) is 0 Å². The number of benzene rings is 2. The maximum Gasteiger partial charge on any atom is 0.234 e. The second-order valence-electron chi connectivity index (χ2n) is 4.78. The van der Waals surface area contributed by atoms with Crippen molar-refractivity contribution in [2.45, 2.75) is 13.0 Å². The average Bonchev–Trinajstić information content (AvgIpc) is 2.52. The molecule has 0 aromatic heterocycles. The molecule has 0 aliphatic heterocycles. The van der Waals surface area contributed by atoms with E-state index >= 15 is 0 Å². The van der Waals surface area contributed by atoms with E-state index in [1.807, 2.05) is 36.4 Å². The molecule has 2 N–H and O–H groups in total. The minimum Gasteiger partial charge on any atom is -0.351 e. The topological polar surface area (TPSA) is 41.1 Å². The maximum absolute atomic E-state index is 13.4. The SMILES string of the molecule is O=C(CNCCc1ccccc1F)NCc1ccccc1. The van der Waals surface area contributed by atoms with Crippen LogP contribution in [-0.4, -0.2) is 19.0 Å². The molecule has 2 aromatic carbocycles. The summed E-state index contributed by atoms with van der Waals surface area (Å²) in [5, 5.41) is 5.85. The summed E-state index contributed by atoms with van der Waals surface area (Å²) < 4.78 is 13.4. The third-order valence-electron chi connectivity index (χ3n) is 3.15. The van der Waals surface area contributed by atoms with Gasteiger partial charge in [0, 0.05) is 6.54 Å². The Balaban J connectivity index is 1.62. The van der Waals surface area contributed by atoms with Crippen molar-refractivity contribution in [2.75, 3.05) is 13.1 Å². The highest BCUT2D eigenvalue weighted by molar-refractivity contribution is 5.77. The van der Waals surface area contributed by atoms with Gasteiger partial charge in [0.25, 0.3) is 0 Å². The molecule has 0 heterocycles. The van der Waals surface area contributed by atoms with Gasteiger partial charge in [-0.05, 0) is 30.2 Å². The quantitative estimate of drug-likeness (QED) is 0.767. The predicted molar refractivity (Wildman–Crippen MR) is 81.3 cm³/mol. The van der Waals surface area contributed by atoms with Crippen molar-refractivity contribution in [1.29, 1.82) is 0 Å². The van der Waals surface area contributed by atoms with Crippen LogP contribution in [0.5, 0.6) is 0 Å². The Morgan fingerprint density at radius 2 is 1.71 bits per heavy atom. The van der Waals surface area contributed by atoms with Crippen molar-refractivity contribution in [3.8, 4) is 0 Å². The zero-order valence-electron chi connectivity index (χ0n) is 11.8. The fourth-order valence-corrected chi connectivity index (χ4v) is 1.99. The van der Waals surface area contributed by atoms with E-state index in [0.717, 1.165) is 5.56 Å². The van der Waals surface area contributed by atoms with Crippen LogP contribution >= 0.6 is 0 Å². The molecule has 0 bridgehead atoms. The minimum absolute atomic E-state index is 0.0626. The zero-order chi connectivity index (χ0) is 14.9. The van der Waals surface area contributed by atoms with Gasteiger partial charge in [0.2, 0.25) is 5.91 Å². The second-order valence-corrected chi connectivity index (χ2v) is 4.78. The van der Waals surface area contributed by atoms with E-state index in [2.05, 4.69) is 10.6 Å². The molecule has 0 spiro atoms. The molecule has 2 rings (SSSR count). The lowest BCUT2D eigenvalue weighted by atomic mass is 10.1. The molecule has 0 unspecified atom stereocenters. The molecule has 0 fully saturated rings. The van der Waals surface area contributed by atoms with Gasteiger partial charge in [0.05, 0.1) is 6.54 Å². The maximum atomic E-state index is 13.4. The lowest BCUT2D eigenvalue weighted by Crippen LogP contribution is -2.34. The standard InChI is InChI=1S/C17H19FN2O/c18-16-9-5-4-8-15(16)10-11-19-13-17(21)20-12-14-6-2-1-3-7-14/h1-9,19H,10-13H2,(H,20,21). The van der Waals surface area contributed by atoms with Gasteiger partial charge in [-0.25, -0.2) is 4.39 Å². The first kappa shape index (κ1) is 15.2. The van der Waals surface area contributed by atoms with Crippen LogP contribution in [0.15, 0.2) is 54.6 Å². The molecule has 0 atom stereocenters. The van der Waals surface area contributed by atoms with Crippen LogP contribution in [0, 0.1) is 5.82 Å². The highest BCUT2D eigenvalue weighted by Gasteiger charge is 2.02. The van der Waals surface area contributed by atoms with Crippen molar-refractivity contribution in [3.05, 3.63) is 71.5 Å². The van der Waals surface area contributed by atoms with Gasteiger partial charge in [-0.15, -0.1) is 0 Å². The normalized spacial score (nSPS) is 10.3. The number of carbonyl (C=O) groups is 1. The molecule has 0 aliphatic rings. The second kappa shape index (κ2) is 8.17. The molecular formula is C17H19FN2O. The van der Waals surface area contributed by atoms with Crippen molar-refractivity contribution in [2.24, 2.45) is 0 Å². The van der Waals surface area contributed by atoms with E-state index in [-0.39, 0.29) is 18.3 Å². The fourth-order valence-electron chi connectivity index (χ4n) is 1.99. The molecule has 0 aliphatic carbocycles. The Morgan fingerprint density at radius 3 is 2.48 bits per heavy atom. The van der Waals surface area contributed by atoms with Gasteiger partial charge in [-0.2, -0.15) is 0 Å². The largest absolute Gasteiger partial charge is 0.351 e. The summed E-state index contributed by atoms with van der Waals surface area (Å²) in [6.45, 7) is 1.33. The summed E-state index contributed by atoms with van der Waals surface area (Å²) in [5.41, 5.74) is 1.73. The van der Waals surface area contributed by atoms with Gasteiger partial charge in [-0.3, -0.25) is 4.79 Å². The lowest BCUT2D eigenvalue weighted by molar-refractivity contribution is -0.120. The van der Waals surface area contributed by atoms with Crippen LogP contribution in [0.1, 0.15) is 11.1 Å². The molecule has 0 saturated carbocycles. The summed E-state index contributed by atoms with van der Waals surface area (Å²) in [6, 6.07) is 16.4. The van der Waals surface area contributed by atoms with Crippen LogP contribution < -0.4 is 10.6 Å².